The molecule has 1 heterocycles. The minimum Gasteiger partial charge on any atom is -0.480 e. The molecule has 0 spiro atoms. The van der Waals surface area contributed by atoms with E-state index in [1.165, 1.54) is 4.68 Å². The molecule has 1 aromatic carbocycles. The van der Waals surface area contributed by atoms with Gasteiger partial charge < -0.3 is 5.11 Å². The van der Waals surface area contributed by atoms with E-state index >= 15 is 0 Å². The van der Waals surface area contributed by atoms with Crippen molar-refractivity contribution in [2.24, 2.45) is 0 Å². The van der Waals surface area contributed by atoms with Crippen LogP contribution in [-0.2, 0) is 11.3 Å². The number of carboxylic acids is 1. The third-order valence-corrected chi connectivity index (χ3v) is 2.50. The molecule has 2 rings (SSSR count). The van der Waals surface area contributed by atoms with Gasteiger partial charge in [-0.25, -0.2) is 4.68 Å². The van der Waals surface area contributed by atoms with E-state index < -0.39 is 5.97 Å². The highest BCUT2D eigenvalue weighted by atomic mass is 35.5. The van der Waals surface area contributed by atoms with Gasteiger partial charge in [-0.2, -0.15) is 0 Å². The van der Waals surface area contributed by atoms with Crippen molar-refractivity contribution in [1.29, 1.82) is 0 Å². The summed E-state index contributed by atoms with van der Waals surface area (Å²) in [6.45, 7) is 1.61. The van der Waals surface area contributed by atoms with Crippen molar-refractivity contribution in [3.05, 3.63) is 28.8 Å². The predicted octanol–water partition coefficient (Wildman–Crippen LogP) is 1.39. The maximum atomic E-state index is 10.6. The van der Waals surface area contributed by atoms with Crippen LogP contribution in [0.4, 0.5) is 0 Å². The Hall–Kier alpha value is -1.95. The van der Waals surface area contributed by atoms with Crippen LogP contribution in [0.1, 0.15) is 5.56 Å². The van der Waals surface area contributed by atoms with Gasteiger partial charge in [0.05, 0.1) is 5.02 Å². The van der Waals surface area contributed by atoms with Crippen LogP contribution in [0.3, 0.4) is 0 Å². The SMILES string of the molecule is Cc1ccc(-c2nnnn2CC(=O)O)c(Cl)c1. The number of aromatic nitrogens is 4. The van der Waals surface area contributed by atoms with E-state index in [4.69, 9.17) is 16.7 Å². The molecular weight excluding hydrogens is 244 g/mol. The average Bonchev–Trinajstić information content (AvgIpc) is 2.65. The van der Waals surface area contributed by atoms with E-state index in [-0.39, 0.29) is 6.54 Å². The second-order valence-corrected chi connectivity index (χ2v) is 3.94. The van der Waals surface area contributed by atoms with E-state index in [1.54, 1.807) is 12.1 Å². The molecule has 88 valence electrons. The van der Waals surface area contributed by atoms with Crippen molar-refractivity contribution in [2.45, 2.75) is 13.5 Å². The monoisotopic (exact) mass is 252 g/mol. The van der Waals surface area contributed by atoms with Crippen molar-refractivity contribution >= 4 is 17.6 Å². The number of benzene rings is 1. The van der Waals surface area contributed by atoms with Gasteiger partial charge in [-0.3, -0.25) is 4.79 Å². The third kappa shape index (κ3) is 2.42. The van der Waals surface area contributed by atoms with Crippen molar-refractivity contribution in [3.63, 3.8) is 0 Å². The summed E-state index contributed by atoms with van der Waals surface area (Å²) in [6, 6.07) is 5.40. The lowest BCUT2D eigenvalue weighted by Crippen LogP contribution is -2.11. The lowest BCUT2D eigenvalue weighted by atomic mass is 10.1. The van der Waals surface area contributed by atoms with E-state index in [1.807, 2.05) is 13.0 Å². The first-order chi connectivity index (χ1) is 8.08. The molecular formula is C10H9ClN4O2. The summed E-state index contributed by atoms with van der Waals surface area (Å²) in [5.74, 6) is -0.667. The molecule has 0 fully saturated rings. The summed E-state index contributed by atoms with van der Waals surface area (Å²) in [5.41, 5.74) is 1.62. The molecule has 17 heavy (non-hydrogen) atoms. The van der Waals surface area contributed by atoms with Crippen molar-refractivity contribution in [1.82, 2.24) is 20.2 Å². The fourth-order valence-corrected chi connectivity index (χ4v) is 1.75. The average molecular weight is 253 g/mol. The van der Waals surface area contributed by atoms with Crippen LogP contribution >= 0.6 is 11.6 Å². The van der Waals surface area contributed by atoms with Crippen LogP contribution in [0.2, 0.25) is 5.02 Å². The normalized spacial score (nSPS) is 10.5. The second-order valence-electron chi connectivity index (χ2n) is 3.54. The first-order valence-corrected chi connectivity index (χ1v) is 5.20. The Morgan fingerprint density at radius 2 is 2.29 bits per heavy atom. The summed E-state index contributed by atoms with van der Waals surface area (Å²) in [7, 11) is 0. The molecule has 0 bridgehead atoms. The molecule has 0 aliphatic heterocycles. The Morgan fingerprint density at radius 3 is 2.94 bits per heavy atom. The summed E-state index contributed by atoms with van der Waals surface area (Å²) < 4.78 is 1.19. The third-order valence-electron chi connectivity index (χ3n) is 2.18. The largest absolute Gasteiger partial charge is 0.480 e. The molecule has 0 unspecified atom stereocenters. The Morgan fingerprint density at radius 1 is 1.53 bits per heavy atom. The molecule has 0 amide bonds. The molecule has 2 aromatic rings. The maximum Gasteiger partial charge on any atom is 0.325 e. The molecule has 1 N–H and O–H groups in total. The molecule has 0 saturated heterocycles. The minimum absolute atomic E-state index is 0.299. The second kappa shape index (κ2) is 4.50. The zero-order valence-electron chi connectivity index (χ0n) is 8.96. The number of halogens is 1. The van der Waals surface area contributed by atoms with E-state index in [2.05, 4.69) is 15.5 Å². The summed E-state index contributed by atoms with van der Waals surface area (Å²) in [5, 5.41) is 20.1. The molecule has 7 heteroatoms. The van der Waals surface area contributed by atoms with Gasteiger partial charge in [0.1, 0.15) is 6.54 Å². The van der Waals surface area contributed by atoms with Gasteiger partial charge in [-0.05, 0) is 35.0 Å². The summed E-state index contributed by atoms with van der Waals surface area (Å²) >= 11 is 6.07. The number of aryl methyl sites for hydroxylation is 1. The van der Waals surface area contributed by atoms with Crippen LogP contribution in [0.25, 0.3) is 11.4 Å². The highest BCUT2D eigenvalue weighted by Crippen LogP contribution is 2.26. The van der Waals surface area contributed by atoms with Crippen LogP contribution in [0.5, 0.6) is 0 Å². The highest BCUT2D eigenvalue weighted by Gasteiger charge is 2.14. The van der Waals surface area contributed by atoms with Crippen LogP contribution in [-0.4, -0.2) is 31.3 Å². The number of nitrogens with zero attached hydrogens (tertiary/aromatic N) is 4. The standard InChI is InChI=1S/C10H9ClN4O2/c1-6-2-3-7(8(11)4-6)10-12-13-14-15(10)5-9(16)17/h2-4H,5H2,1H3,(H,16,17). The lowest BCUT2D eigenvalue weighted by molar-refractivity contribution is -0.137. The van der Waals surface area contributed by atoms with Gasteiger partial charge >= 0.3 is 5.97 Å². The smallest absolute Gasteiger partial charge is 0.325 e. The van der Waals surface area contributed by atoms with Crippen molar-refractivity contribution in [2.75, 3.05) is 0 Å². The molecule has 0 aliphatic rings. The summed E-state index contributed by atoms with van der Waals surface area (Å²) in [4.78, 5) is 10.6. The van der Waals surface area contributed by atoms with E-state index in [0.29, 0.717) is 16.4 Å². The maximum absolute atomic E-state index is 10.6. The number of aliphatic carboxylic acids is 1. The quantitative estimate of drug-likeness (QED) is 0.893. The fraction of sp³-hybridized carbons (Fsp3) is 0.200. The zero-order valence-corrected chi connectivity index (χ0v) is 9.72. The number of hydrogen-bond donors (Lipinski definition) is 1. The van der Waals surface area contributed by atoms with E-state index in [0.717, 1.165) is 5.56 Å². The zero-order chi connectivity index (χ0) is 12.4. The van der Waals surface area contributed by atoms with Crippen LogP contribution in [0.15, 0.2) is 18.2 Å². The fourth-order valence-electron chi connectivity index (χ4n) is 1.43. The molecule has 6 nitrogen and oxygen atoms in total. The lowest BCUT2D eigenvalue weighted by Gasteiger charge is -2.04. The predicted molar refractivity (Wildman–Crippen MR) is 60.6 cm³/mol. The van der Waals surface area contributed by atoms with Crippen molar-refractivity contribution in [3.8, 4) is 11.4 Å². The Labute approximate surface area is 102 Å². The van der Waals surface area contributed by atoms with Crippen LogP contribution < -0.4 is 0 Å². The van der Waals surface area contributed by atoms with Gasteiger partial charge in [0.15, 0.2) is 5.82 Å². The van der Waals surface area contributed by atoms with Gasteiger partial charge in [0.25, 0.3) is 0 Å². The molecule has 0 radical (unpaired) electrons. The van der Waals surface area contributed by atoms with Gasteiger partial charge in [-0.1, -0.05) is 17.7 Å². The number of tetrazole rings is 1. The number of carbonyl (C=O) groups is 1. The van der Waals surface area contributed by atoms with Gasteiger partial charge in [-0.15, -0.1) is 5.10 Å². The van der Waals surface area contributed by atoms with E-state index in [9.17, 15) is 4.79 Å². The van der Waals surface area contributed by atoms with Crippen molar-refractivity contribution < 1.29 is 9.90 Å². The number of rotatable bonds is 3. The molecule has 1 aromatic heterocycles. The van der Waals surface area contributed by atoms with Gasteiger partial charge in [0.2, 0.25) is 0 Å². The summed E-state index contributed by atoms with van der Waals surface area (Å²) in [6.07, 6.45) is 0. The highest BCUT2D eigenvalue weighted by molar-refractivity contribution is 6.33. The number of hydrogen-bond acceptors (Lipinski definition) is 4. The Bertz CT molecular complexity index is 567. The Balaban J connectivity index is 2.46. The molecule has 0 aliphatic carbocycles. The van der Waals surface area contributed by atoms with Gasteiger partial charge in [0, 0.05) is 5.56 Å². The molecule has 0 atom stereocenters. The molecule has 0 saturated carbocycles. The topological polar surface area (TPSA) is 80.9 Å². The first-order valence-electron chi connectivity index (χ1n) is 4.82. The number of carboxylic acid groups (broad SMARTS) is 1. The first kappa shape index (κ1) is 11.5. The van der Waals surface area contributed by atoms with Crippen LogP contribution in [0, 0.1) is 6.92 Å². The minimum atomic E-state index is -1.01. The Kier molecular flexibility index (Phi) is 3.06.